The van der Waals surface area contributed by atoms with Crippen molar-refractivity contribution in [2.45, 2.75) is 13.3 Å². The van der Waals surface area contributed by atoms with E-state index in [0.717, 1.165) is 5.75 Å². The van der Waals surface area contributed by atoms with Crippen LogP contribution < -0.4 is 15.0 Å². The van der Waals surface area contributed by atoms with Crippen molar-refractivity contribution >= 4 is 23.2 Å². The first-order valence-electron chi connectivity index (χ1n) is 9.46. The van der Waals surface area contributed by atoms with Gasteiger partial charge in [-0.1, -0.05) is 18.2 Å². The number of para-hydroxylation sites is 1. The van der Waals surface area contributed by atoms with Gasteiger partial charge in [0.2, 0.25) is 11.8 Å². The third kappa shape index (κ3) is 5.69. The fourth-order valence-electron chi connectivity index (χ4n) is 2.85. The van der Waals surface area contributed by atoms with Gasteiger partial charge in [0.1, 0.15) is 11.5 Å². The lowest BCUT2D eigenvalue weighted by Gasteiger charge is -2.21. The number of nitriles is 1. The SMILES string of the molecule is CC(=O)N(CCC(=O)Nc1ccc(Oc2ccccc2)cc1)c1ccc(C#N)cc1. The number of carbonyl (C=O) groups excluding carboxylic acids is 2. The quantitative estimate of drug-likeness (QED) is 0.622. The summed E-state index contributed by atoms with van der Waals surface area (Å²) >= 11 is 0. The van der Waals surface area contributed by atoms with Gasteiger partial charge in [-0.25, -0.2) is 0 Å². The molecule has 0 fully saturated rings. The minimum absolute atomic E-state index is 0.141. The Morgan fingerprint density at radius 2 is 1.57 bits per heavy atom. The Morgan fingerprint density at radius 1 is 0.933 bits per heavy atom. The van der Waals surface area contributed by atoms with Crippen molar-refractivity contribution < 1.29 is 14.3 Å². The molecular weight excluding hydrogens is 378 g/mol. The second kappa shape index (κ2) is 9.89. The average molecular weight is 399 g/mol. The minimum atomic E-state index is -0.202. The van der Waals surface area contributed by atoms with Crippen LogP contribution in [0, 0.1) is 11.3 Å². The van der Waals surface area contributed by atoms with Gasteiger partial charge in [0.05, 0.1) is 11.6 Å². The van der Waals surface area contributed by atoms with Crippen LogP contribution in [0.15, 0.2) is 78.9 Å². The Labute approximate surface area is 175 Å². The fraction of sp³-hybridized carbons (Fsp3) is 0.125. The normalized spacial score (nSPS) is 10.0. The van der Waals surface area contributed by atoms with Crippen molar-refractivity contribution in [2.75, 3.05) is 16.8 Å². The van der Waals surface area contributed by atoms with Crippen LogP contribution in [-0.2, 0) is 9.59 Å². The number of carbonyl (C=O) groups is 2. The highest BCUT2D eigenvalue weighted by atomic mass is 16.5. The van der Waals surface area contributed by atoms with Crippen molar-refractivity contribution in [3.05, 3.63) is 84.4 Å². The van der Waals surface area contributed by atoms with Gasteiger partial charge < -0.3 is 15.0 Å². The zero-order valence-electron chi connectivity index (χ0n) is 16.5. The summed E-state index contributed by atoms with van der Waals surface area (Å²) in [7, 11) is 0. The third-order valence-corrected chi connectivity index (χ3v) is 4.37. The lowest BCUT2D eigenvalue weighted by atomic mass is 10.2. The maximum absolute atomic E-state index is 12.3. The molecule has 0 heterocycles. The number of amides is 2. The Hall–Kier alpha value is -4.11. The van der Waals surface area contributed by atoms with Crippen molar-refractivity contribution in [1.82, 2.24) is 0 Å². The highest BCUT2D eigenvalue weighted by molar-refractivity contribution is 5.94. The van der Waals surface area contributed by atoms with Gasteiger partial charge in [-0.15, -0.1) is 0 Å². The molecule has 2 amide bonds. The smallest absolute Gasteiger partial charge is 0.226 e. The number of rotatable bonds is 7. The summed E-state index contributed by atoms with van der Waals surface area (Å²) in [5, 5.41) is 11.7. The summed E-state index contributed by atoms with van der Waals surface area (Å²) in [5.41, 5.74) is 1.81. The minimum Gasteiger partial charge on any atom is -0.457 e. The van der Waals surface area contributed by atoms with Gasteiger partial charge >= 0.3 is 0 Å². The predicted octanol–water partition coefficient (Wildman–Crippen LogP) is 4.73. The van der Waals surface area contributed by atoms with Crippen LogP contribution in [0.1, 0.15) is 18.9 Å². The van der Waals surface area contributed by atoms with E-state index in [1.54, 1.807) is 48.5 Å². The molecule has 6 nitrogen and oxygen atoms in total. The van der Waals surface area contributed by atoms with Gasteiger partial charge in [-0.3, -0.25) is 9.59 Å². The molecule has 30 heavy (non-hydrogen) atoms. The van der Waals surface area contributed by atoms with Gasteiger partial charge in [0, 0.05) is 31.3 Å². The predicted molar refractivity (Wildman–Crippen MR) is 115 cm³/mol. The van der Waals surface area contributed by atoms with E-state index in [4.69, 9.17) is 10.00 Å². The van der Waals surface area contributed by atoms with E-state index in [1.807, 2.05) is 36.4 Å². The standard InChI is InChI=1S/C24H21N3O3/c1-18(28)27(21-11-7-19(17-25)8-12-21)16-15-24(29)26-20-9-13-23(14-10-20)30-22-5-3-2-4-6-22/h2-14H,15-16H2,1H3,(H,26,29). The van der Waals surface area contributed by atoms with E-state index in [1.165, 1.54) is 11.8 Å². The first kappa shape index (κ1) is 20.6. The Bertz CT molecular complexity index is 1040. The summed E-state index contributed by atoms with van der Waals surface area (Å²) in [6.45, 7) is 1.68. The molecule has 3 aromatic carbocycles. The molecule has 3 rings (SSSR count). The number of nitrogens with zero attached hydrogens (tertiary/aromatic N) is 2. The van der Waals surface area contributed by atoms with Crippen LogP contribution in [0.3, 0.4) is 0 Å². The van der Waals surface area contributed by atoms with E-state index in [-0.39, 0.29) is 24.8 Å². The molecule has 0 aliphatic heterocycles. The number of benzene rings is 3. The van der Waals surface area contributed by atoms with Crippen molar-refractivity contribution in [3.63, 3.8) is 0 Å². The van der Waals surface area contributed by atoms with Crippen LogP contribution in [-0.4, -0.2) is 18.4 Å². The summed E-state index contributed by atoms with van der Waals surface area (Å²) in [4.78, 5) is 25.8. The Balaban J connectivity index is 1.55. The van der Waals surface area contributed by atoms with E-state index < -0.39 is 0 Å². The monoisotopic (exact) mass is 399 g/mol. The van der Waals surface area contributed by atoms with Gasteiger partial charge in [0.15, 0.2) is 0 Å². The van der Waals surface area contributed by atoms with E-state index in [9.17, 15) is 9.59 Å². The lowest BCUT2D eigenvalue weighted by Crippen LogP contribution is -2.31. The van der Waals surface area contributed by atoms with Gasteiger partial charge in [-0.2, -0.15) is 5.26 Å². The van der Waals surface area contributed by atoms with Crippen LogP contribution >= 0.6 is 0 Å². The molecule has 0 radical (unpaired) electrons. The largest absolute Gasteiger partial charge is 0.457 e. The number of hydrogen-bond acceptors (Lipinski definition) is 4. The number of ether oxygens (including phenoxy) is 1. The van der Waals surface area contributed by atoms with Crippen LogP contribution in [0.5, 0.6) is 11.5 Å². The number of hydrogen-bond donors (Lipinski definition) is 1. The molecule has 1 N–H and O–H groups in total. The molecule has 6 heteroatoms. The van der Waals surface area contributed by atoms with Gasteiger partial charge in [0.25, 0.3) is 0 Å². The molecule has 0 aromatic heterocycles. The zero-order chi connectivity index (χ0) is 21.3. The molecule has 0 unspecified atom stereocenters. The highest BCUT2D eigenvalue weighted by Gasteiger charge is 2.14. The van der Waals surface area contributed by atoms with E-state index >= 15 is 0 Å². The fourth-order valence-corrected chi connectivity index (χ4v) is 2.85. The van der Waals surface area contributed by atoms with E-state index in [2.05, 4.69) is 5.32 Å². The van der Waals surface area contributed by atoms with Crippen LogP contribution in [0.25, 0.3) is 0 Å². The first-order chi connectivity index (χ1) is 14.5. The van der Waals surface area contributed by atoms with E-state index in [0.29, 0.717) is 22.7 Å². The van der Waals surface area contributed by atoms with Gasteiger partial charge in [-0.05, 0) is 60.7 Å². The highest BCUT2D eigenvalue weighted by Crippen LogP contribution is 2.23. The molecule has 0 saturated carbocycles. The molecule has 3 aromatic rings. The van der Waals surface area contributed by atoms with Crippen molar-refractivity contribution in [1.29, 1.82) is 5.26 Å². The molecule has 0 saturated heterocycles. The second-order valence-corrected chi connectivity index (χ2v) is 6.57. The molecule has 0 aliphatic rings. The molecule has 0 spiro atoms. The third-order valence-electron chi connectivity index (χ3n) is 4.37. The molecular formula is C24H21N3O3. The number of nitrogens with one attached hydrogen (secondary N) is 1. The van der Waals surface area contributed by atoms with Crippen molar-refractivity contribution in [3.8, 4) is 17.6 Å². The molecule has 0 atom stereocenters. The Kier molecular flexibility index (Phi) is 6.80. The maximum atomic E-state index is 12.3. The van der Waals surface area contributed by atoms with Crippen LogP contribution in [0.4, 0.5) is 11.4 Å². The van der Waals surface area contributed by atoms with Crippen LogP contribution in [0.2, 0.25) is 0 Å². The lowest BCUT2D eigenvalue weighted by molar-refractivity contribution is -0.117. The second-order valence-electron chi connectivity index (χ2n) is 6.57. The topological polar surface area (TPSA) is 82.4 Å². The molecule has 150 valence electrons. The molecule has 0 bridgehead atoms. The maximum Gasteiger partial charge on any atom is 0.226 e. The summed E-state index contributed by atoms with van der Waals surface area (Å²) in [5.74, 6) is 1.03. The van der Waals surface area contributed by atoms with Crippen molar-refractivity contribution in [2.24, 2.45) is 0 Å². The molecule has 0 aliphatic carbocycles. The summed E-state index contributed by atoms with van der Waals surface area (Å²) in [6, 6.07) is 25.2. The average Bonchev–Trinajstić information content (AvgIpc) is 2.76. The summed E-state index contributed by atoms with van der Waals surface area (Å²) in [6.07, 6.45) is 0.141. The zero-order valence-corrected chi connectivity index (χ0v) is 16.5. The first-order valence-corrected chi connectivity index (χ1v) is 9.46. The summed E-state index contributed by atoms with van der Waals surface area (Å²) < 4.78 is 5.73. The number of anilines is 2. The Morgan fingerprint density at radius 3 is 2.17 bits per heavy atom.